The number of hydrogen-bond donors (Lipinski definition) is 1. The first-order valence-corrected chi connectivity index (χ1v) is 10.8. The first kappa shape index (κ1) is 18.3. The molecule has 3 aromatic heterocycles. The first-order chi connectivity index (χ1) is 14.2. The Kier molecular flexibility index (Phi) is 4.81. The van der Waals surface area contributed by atoms with Crippen molar-refractivity contribution in [2.45, 2.75) is 32.2 Å². The second-order valence-electron chi connectivity index (χ2n) is 7.11. The summed E-state index contributed by atoms with van der Waals surface area (Å²) in [6.07, 6.45) is 7.48. The number of aromatic nitrogens is 5. The molecule has 7 nitrogen and oxygen atoms in total. The minimum Gasteiger partial charge on any atom is -0.352 e. The van der Waals surface area contributed by atoms with Crippen LogP contribution in [0.5, 0.6) is 0 Å². The molecule has 0 saturated carbocycles. The molecule has 1 aromatic carbocycles. The third-order valence-electron chi connectivity index (χ3n) is 5.28. The highest BCUT2D eigenvalue weighted by Gasteiger charge is 2.27. The quantitative estimate of drug-likeness (QED) is 0.477. The molecule has 4 aromatic rings. The summed E-state index contributed by atoms with van der Waals surface area (Å²) in [6, 6.07) is 7.98. The number of rotatable bonds is 6. The van der Waals surface area contributed by atoms with Crippen molar-refractivity contribution < 1.29 is 4.79 Å². The van der Waals surface area contributed by atoms with E-state index < -0.39 is 0 Å². The van der Waals surface area contributed by atoms with E-state index in [9.17, 15) is 4.79 Å². The Morgan fingerprint density at radius 2 is 2.21 bits per heavy atom. The highest BCUT2D eigenvalue weighted by molar-refractivity contribution is 7.15. The molecular formula is C20H19ClN6OS. The van der Waals surface area contributed by atoms with Gasteiger partial charge in [-0.1, -0.05) is 17.7 Å². The summed E-state index contributed by atoms with van der Waals surface area (Å²) < 4.78 is 3.76. The molecule has 3 heterocycles. The Labute approximate surface area is 176 Å². The van der Waals surface area contributed by atoms with Crippen LogP contribution in [0.15, 0.2) is 36.8 Å². The van der Waals surface area contributed by atoms with E-state index in [1.807, 2.05) is 18.2 Å². The van der Waals surface area contributed by atoms with E-state index in [1.165, 1.54) is 10.3 Å². The lowest BCUT2D eigenvalue weighted by atomic mass is 10.1. The minimum atomic E-state index is -0.0460. The highest BCUT2D eigenvalue weighted by atomic mass is 35.5. The maximum Gasteiger partial charge on any atom is 0.254 e. The molecule has 1 aliphatic carbocycles. The largest absolute Gasteiger partial charge is 0.352 e. The number of carbonyl (C=O) groups is 1. The van der Waals surface area contributed by atoms with E-state index in [-0.39, 0.29) is 5.91 Å². The summed E-state index contributed by atoms with van der Waals surface area (Å²) in [5, 5.41) is 17.2. The number of aryl methyl sites for hydroxylation is 2. The molecule has 29 heavy (non-hydrogen) atoms. The summed E-state index contributed by atoms with van der Waals surface area (Å²) >= 11 is 7.74. The predicted octanol–water partition coefficient (Wildman–Crippen LogP) is 3.64. The number of halogens is 1. The lowest BCUT2D eigenvalue weighted by molar-refractivity contribution is 0.0952. The number of thiophene rings is 1. The smallest absolute Gasteiger partial charge is 0.254 e. The fourth-order valence-electron chi connectivity index (χ4n) is 3.93. The molecule has 1 aliphatic rings. The molecule has 1 amide bonds. The molecule has 0 spiro atoms. The van der Waals surface area contributed by atoms with E-state index in [0.29, 0.717) is 6.54 Å². The van der Waals surface area contributed by atoms with Crippen LogP contribution in [-0.4, -0.2) is 37.2 Å². The van der Waals surface area contributed by atoms with Gasteiger partial charge in [-0.15, -0.1) is 16.4 Å². The highest BCUT2D eigenvalue weighted by Crippen LogP contribution is 2.37. The molecule has 0 saturated heterocycles. The van der Waals surface area contributed by atoms with Crippen LogP contribution >= 0.6 is 22.9 Å². The van der Waals surface area contributed by atoms with Crippen LogP contribution in [0.2, 0.25) is 5.02 Å². The van der Waals surface area contributed by atoms with E-state index in [4.69, 9.17) is 11.6 Å². The van der Waals surface area contributed by atoms with Gasteiger partial charge in [-0.3, -0.25) is 4.79 Å². The van der Waals surface area contributed by atoms with Crippen molar-refractivity contribution in [3.05, 3.63) is 57.8 Å². The topological polar surface area (TPSA) is 77.6 Å². The van der Waals surface area contributed by atoms with E-state index >= 15 is 0 Å². The summed E-state index contributed by atoms with van der Waals surface area (Å²) in [4.78, 5) is 14.3. The van der Waals surface area contributed by atoms with Crippen LogP contribution in [0.3, 0.4) is 0 Å². The molecule has 0 bridgehead atoms. The molecule has 0 radical (unpaired) electrons. The zero-order chi connectivity index (χ0) is 19.8. The molecule has 0 atom stereocenters. The van der Waals surface area contributed by atoms with Crippen LogP contribution in [-0.2, 0) is 19.4 Å². The maximum absolute atomic E-state index is 13.0. The summed E-state index contributed by atoms with van der Waals surface area (Å²) in [5.41, 5.74) is 3.00. The maximum atomic E-state index is 13.0. The first-order valence-electron chi connectivity index (χ1n) is 9.61. The van der Waals surface area contributed by atoms with Crippen LogP contribution in [0.4, 0.5) is 0 Å². The molecule has 0 fully saturated rings. The number of carbonyl (C=O) groups excluding carboxylic acids is 1. The van der Waals surface area contributed by atoms with Crippen molar-refractivity contribution in [2.24, 2.45) is 0 Å². The number of tetrazole rings is 1. The van der Waals surface area contributed by atoms with Gasteiger partial charge < -0.3 is 9.88 Å². The molecule has 1 N–H and O–H groups in total. The number of nitrogens with one attached hydrogen (secondary N) is 1. The lowest BCUT2D eigenvalue weighted by Crippen LogP contribution is -2.26. The van der Waals surface area contributed by atoms with Gasteiger partial charge in [0.1, 0.15) is 11.3 Å². The average Bonchev–Trinajstić information content (AvgIpc) is 3.48. The normalized spacial score (nSPS) is 13.1. The van der Waals surface area contributed by atoms with Crippen molar-refractivity contribution in [3.63, 3.8) is 0 Å². The Hall–Kier alpha value is -2.71. The van der Waals surface area contributed by atoms with Crippen LogP contribution in [0, 0.1) is 0 Å². The Morgan fingerprint density at radius 3 is 3.07 bits per heavy atom. The van der Waals surface area contributed by atoms with E-state index in [2.05, 4.69) is 37.7 Å². The van der Waals surface area contributed by atoms with Crippen LogP contribution < -0.4 is 5.32 Å². The molecule has 5 rings (SSSR count). The lowest BCUT2D eigenvalue weighted by Gasteiger charge is -2.09. The van der Waals surface area contributed by atoms with Gasteiger partial charge in [0.2, 0.25) is 0 Å². The fourth-order valence-corrected chi connectivity index (χ4v) is 5.40. The van der Waals surface area contributed by atoms with Gasteiger partial charge in [-0.05, 0) is 65.3 Å². The van der Waals surface area contributed by atoms with Gasteiger partial charge in [0.15, 0.2) is 0 Å². The second kappa shape index (κ2) is 7.61. The van der Waals surface area contributed by atoms with Crippen LogP contribution in [0.25, 0.3) is 15.9 Å². The van der Waals surface area contributed by atoms with Gasteiger partial charge in [0, 0.05) is 34.7 Å². The fraction of sp³-hybridized carbons (Fsp3) is 0.300. The number of fused-ring (bicyclic) bond motifs is 2. The second-order valence-corrected chi connectivity index (χ2v) is 8.63. The van der Waals surface area contributed by atoms with Gasteiger partial charge in [-0.2, -0.15) is 4.68 Å². The molecule has 148 valence electrons. The number of benzene rings is 1. The van der Waals surface area contributed by atoms with Crippen molar-refractivity contribution in [1.29, 1.82) is 0 Å². The molecular weight excluding hydrogens is 408 g/mol. The van der Waals surface area contributed by atoms with E-state index in [0.717, 1.165) is 58.9 Å². The third-order valence-corrected chi connectivity index (χ3v) is 6.80. The monoisotopic (exact) mass is 426 g/mol. The van der Waals surface area contributed by atoms with Gasteiger partial charge in [0.25, 0.3) is 5.91 Å². The summed E-state index contributed by atoms with van der Waals surface area (Å²) in [5.74, 6) is -0.0460. The summed E-state index contributed by atoms with van der Waals surface area (Å²) in [6.45, 7) is 1.41. The van der Waals surface area contributed by atoms with Crippen LogP contribution in [0.1, 0.15) is 33.6 Å². The Morgan fingerprint density at radius 1 is 1.28 bits per heavy atom. The zero-order valence-corrected chi connectivity index (χ0v) is 17.2. The molecule has 0 aliphatic heterocycles. The standard InChI is InChI=1S/C20H19ClN6OS/c21-14-6-5-13-7-10-26(16(13)11-14)9-2-8-22-19(28)18-15-3-1-4-17(15)29-20(18)27-12-23-24-25-27/h5-7,10-12H,1-4,8-9H2,(H,22,28). The molecule has 0 unspecified atom stereocenters. The van der Waals surface area contributed by atoms with Crippen molar-refractivity contribution >= 4 is 39.7 Å². The molecule has 9 heteroatoms. The summed E-state index contributed by atoms with van der Waals surface area (Å²) in [7, 11) is 0. The predicted molar refractivity (Wildman–Crippen MR) is 113 cm³/mol. The van der Waals surface area contributed by atoms with Gasteiger partial charge in [0.05, 0.1) is 5.56 Å². The number of amides is 1. The Bertz CT molecular complexity index is 1180. The Balaban J connectivity index is 1.27. The van der Waals surface area contributed by atoms with Gasteiger partial charge >= 0.3 is 0 Å². The van der Waals surface area contributed by atoms with Gasteiger partial charge in [-0.25, -0.2) is 0 Å². The van der Waals surface area contributed by atoms with Crippen molar-refractivity contribution in [3.8, 4) is 5.00 Å². The van der Waals surface area contributed by atoms with E-state index in [1.54, 1.807) is 22.3 Å². The average molecular weight is 427 g/mol. The SMILES string of the molecule is O=C(NCCCn1ccc2ccc(Cl)cc21)c1c(-n2cnnn2)sc2c1CCC2. The van der Waals surface area contributed by atoms with Crippen molar-refractivity contribution in [1.82, 2.24) is 30.1 Å². The number of nitrogens with zero attached hydrogens (tertiary/aromatic N) is 5. The van der Waals surface area contributed by atoms with Crippen molar-refractivity contribution in [2.75, 3.05) is 6.54 Å². The zero-order valence-electron chi connectivity index (χ0n) is 15.6. The minimum absolute atomic E-state index is 0.0460. The number of hydrogen-bond acceptors (Lipinski definition) is 5. The third kappa shape index (κ3) is 3.42.